The number of hydrogen-bond donors (Lipinski definition) is 2. The molecule has 2 N–H and O–H groups in total. The van der Waals surface area contributed by atoms with Gasteiger partial charge in [0.05, 0.1) is 12.2 Å². The van der Waals surface area contributed by atoms with Crippen molar-refractivity contribution < 1.29 is 15.0 Å². The molecule has 2 unspecified atom stereocenters. The lowest BCUT2D eigenvalue weighted by molar-refractivity contribution is 0.0572. The molecule has 18 heavy (non-hydrogen) atoms. The largest absolute Gasteiger partial charge is 0.389 e. The molecule has 2 rings (SSSR count). The molecule has 4 nitrogen and oxygen atoms in total. The quantitative estimate of drug-likeness (QED) is 0.767. The summed E-state index contributed by atoms with van der Waals surface area (Å²) in [4.78, 5) is 13.8. The van der Waals surface area contributed by atoms with Gasteiger partial charge in [-0.1, -0.05) is 29.8 Å². The minimum atomic E-state index is -0.681. The monoisotopic (exact) mass is 249 g/mol. The van der Waals surface area contributed by atoms with Gasteiger partial charge in [0.25, 0.3) is 0 Å². The summed E-state index contributed by atoms with van der Waals surface area (Å²) in [6.45, 7) is 3.47. The Balaban J connectivity index is 1.84. The molecule has 1 aromatic carbocycles. The van der Waals surface area contributed by atoms with Crippen molar-refractivity contribution in [3.05, 3.63) is 35.4 Å². The minimum absolute atomic E-state index is 0.103. The molecule has 1 saturated heterocycles. The number of carbonyl (C=O) groups excluding carboxylic acids is 1. The van der Waals surface area contributed by atoms with E-state index in [1.165, 1.54) is 0 Å². The summed E-state index contributed by atoms with van der Waals surface area (Å²) in [6.07, 6.45) is -0.943. The second kappa shape index (κ2) is 5.61. The predicted octanol–water partition coefficient (Wildman–Crippen LogP) is 0.605. The molecule has 1 aliphatic heterocycles. The van der Waals surface area contributed by atoms with Crippen LogP contribution in [0.1, 0.15) is 22.3 Å². The Bertz CT molecular complexity index is 406. The van der Waals surface area contributed by atoms with E-state index in [1.807, 2.05) is 36.1 Å². The lowest BCUT2D eigenvalue weighted by atomic mass is 10.1. The third-order valence-electron chi connectivity index (χ3n) is 3.36. The zero-order valence-corrected chi connectivity index (χ0v) is 10.5. The Morgan fingerprint density at radius 2 is 1.78 bits per heavy atom. The van der Waals surface area contributed by atoms with Crippen LogP contribution in [-0.4, -0.2) is 52.7 Å². The highest BCUT2D eigenvalue weighted by Gasteiger charge is 2.29. The smallest absolute Gasteiger partial charge is 0.164 e. The summed E-state index contributed by atoms with van der Waals surface area (Å²) in [7, 11) is 0. The van der Waals surface area contributed by atoms with Gasteiger partial charge in [-0.3, -0.25) is 9.69 Å². The molecule has 0 saturated carbocycles. The maximum absolute atomic E-state index is 11.9. The Hall–Kier alpha value is -1.23. The number of aliphatic hydroxyl groups excluding tert-OH is 2. The maximum Gasteiger partial charge on any atom is 0.164 e. The van der Waals surface area contributed by atoms with E-state index < -0.39 is 12.2 Å². The van der Waals surface area contributed by atoms with Crippen LogP contribution in [0.4, 0.5) is 0 Å². The Morgan fingerprint density at radius 1 is 1.22 bits per heavy atom. The SMILES string of the molecule is Cc1ccc(C(=O)CCN2CC(O)C(O)C2)cc1. The Kier molecular flexibility index (Phi) is 4.11. The van der Waals surface area contributed by atoms with Crippen LogP contribution in [0, 0.1) is 6.92 Å². The van der Waals surface area contributed by atoms with E-state index in [4.69, 9.17) is 0 Å². The summed E-state index contributed by atoms with van der Waals surface area (Å²) < 4.78 is 0. The number of carbonyl (C=O) groups is 1. The van der Waals surface area contributed by atoms with Gasteiger partial charge in [0.2, 0.25) is 0 Å². The van der Waals surface area contributed by atoms with Gasteiger partial charge in [0, 0.05) is 31.6 Å². The minimum Gasteiger partial charge on any atom is -0.389 e. The van der Waals surface area contributed by atoms with E-state index >= 15 is 0 Å². The molecule has 0 aromatic heterocycles. The zero-order valence-electron chi connectivity index (χ0n) is 10.5. The fourth-order valence-electron chi connectivity index (χ4n) is 2.17. The molecule has 1 heterocycles. The number of nitrogens with zero attached hydrogens (tertiary/aromatic N) is 1. The maximum atomic E-state index is 11.9. The summed E-state index contributed by atoms with van der Waals surface area (Å²) in [5.41, 5.74) is 1.86. The molecule has 1 fully saturated rings. The molecule has 1 aromatic rings. The summed E-state index contributed by atoms with van der Waals surface area (Å²) in [5.74, 6) is 0.103. The van der Waals surface area contributed by atoms with E-state index in [9.17, 15) is 15.0 Å². The van der Waals surface area contributed by atoms with Crippen LogP contribution >= 0.6 is 0 Å². The highest BCUT2D eigenvalue weighted by molar-refractivity contribution is 5.96. The standard InChI is InChI=1S/C14H19NO3/c1-10-2-4-11(5-3-10)12(16)6-7-15-8-13(17)14(18)9-15/h2-5,13-14,17-18H,6-9H2,1H3. The lowest BCUT2D eigenvalue weighted by Crippen LogP contribution is -2.25. The van der Waals surface area contributed by atoms with Gasteiger partial charge in [0.15, 0.2) is 5.78 Å². The molecular weight excluding hydrogens is 230 g/mol. The summed E-state index contributed by atoms with van der Waals surface area (Å²) in [6, 6.07) is 7.53. The van der Waals surface area contributed by atoms with Gasteiger partial charge in [0.1, 0.15) is 0 Å². The number of ketones is 1. The number of β-amino-alcohol motifs (C(OH)–C–C–N with tert-alkyl or cyclic N) is 2. The van der Waals surface area contributed by atoms with Crippen LogP contribution < -0.4 is 0 Å². The second-order valence-electron chi connectivity index (χ2n) is 4.93. The van der Waals surface area contributed by atoms with Crippen molar-refractivity contribution in [2.45, 2.75) is 25.6 Å². The number of aliphatic hydroxyl groups is 2. The number of rotatable bonds is 4. The van der Waals surface area contributed by atoms with E-state index in [0.29, 0.717) is 26.1 Å². The first-order valence-corrected chi connectivity index (χ1v) is 6.24. The first kappa shape index (κ1) is 13.2. The van der Waals surface area contributed by atoms with Crippen molar-refractivity contribution in [1.82, 2.24) is 4.90 Å². The van der Waals surface area contributed by atoms with Gasteiger partial charge in [-0.05, 0) is 6.92 Å². The second-order valence-corrected chi connectivity index (χ2v) is 4.93. The van der Waals surface area contributed by atoms with Crippen LogP contribution in [0.2, 0.25) is 0 Å². The molecule has 0 bridgehead atoms. The highest BCUT2D eigenvalue weighted by atomic mass is 16.3. The van der Waals surface area contributed by atoms with Gasteiger partial charge in [-0.15, -0.1) is 0 Å². The topological polar surface area (TPSA) is 60.8 Å². The fourth-order valence-corrected chi connectivity index (χ4v) is 2.17. The average Bonchev–Trinajstić information content (AvgIpc) is 2.67. The van der Waals surface area contributed by atoms with Crippen molar-refractivity contribution in [3.63, 3.8) is 0 Å². The third kappa shape index (κ3) is 3.16. The Labute approximate surface area is 107 Å². The molecule has 0 aliphatic carbocycles. The lowest BCUT2D eigenvalue weighted by Gasteiger charge is -2.13. The van der Waals surface area contributed by atoms with Crippen LogP contribution in [0.5, 0.6) is 0 Å². The third-order valence-corrected chi connectivity index (χ3v) is 3.36. The van der Waals surface area contributed by atoms with Gasteiger partial charge >= 0.3 is 0 Å². The molecule has 0 amide bonds. The van der Waals surface area contributed by atoms with Gasteiger partial charge < -0.3 is 10.2 Å². The number of Topliss-reactive ketones (excluding diaryl/α,β-unsaturated/α-hetero) is 1. The number of likely N-dealkylation sites (tertiary alicyclic amines) is 1. The number of benzene rings is 1. The van der Waals surface area contributed by atoms with Crippen LogP contribution in [0.25, 0.3) is 0 Å². The van der Waals surface area contributed by atoms with E-state index in [2.05, 4.69) is 0 Å². The number of hydrogen-bond acceptors (Lipinski definition) is 4. The first-order valence-electron chi connectivity index (χ1n) is 6.24. The van der Waals surface area contributed by atoms with E-state index in [-0.39, 0.29) is 5.78 Å². The molecule has 98 valence electrons. The van der Waals surface area contributed by atoms with Crippen molar-refractivity contribution >= 4 is 5.78 Å². The van der Waals surface area contributed by atoms with Crippen molar-refractivity contribution in [1.29, 1.82) is 0 Å². The van der Waals surface area contributed by atoms with Crippen LogP contribution in [0.3, 0.4) is 0 Å². The van der Waals surface area contributed by atoms with E-state index in [1.54, 1.807) is 0 Å². The number of aryl methyl sites for hydroxylation is 1. The van der Waals surface area contributed by atoms with Gasteiger partial charge in [-0.2, -0.15) is 0 Å². The summed E-state index contributed by atoms with van der Waals surface area (Å²) >= 11 is 0. The molecule has 2 atom stereocenters. The summed E-state index contributed by atoms with van der Waals surface area (Å²) in [5, 5.41) is 18.8. The fraction of sp³-hybridized carbons (Fsp3) is 0.500. The molecular formula is C14H19NO3. The predicted molar refractivity (Wildman–Crippen MR) is 68.6 cm³/mol. The highest BCUT2D eigenvalue weighted by Crippen LogP contribution is 2.12. The average molecular weight is 249 g/mol. The first-order chi connectivity index (χ1) is 8.56. The molecule has 4 heteroatoms. The van der Waals surface area contributed by atoms with Crippen molar-refractivity contribution in [2.24, 2.45) is 0 Å². The molecule has 0 radical (unpaired) electrons. The van der Waals surface area contributed by atoms with Crippen molar-refractivity contribution in [2.75, 3.05) is 19.6 Å². The van der Waals surface area contributed by atoms with Crippen LogP contribution in [-0.2, 0) is 0 Å². The van der Waals surface area contributed by atoms with Crippen LogP contribution in [0.15, 0.2) is 24.3 Å². The normalized spacial score (nSPS) is 24.4. The van der Waals surface area contributed by atoms with Crippen molar-refractivity contribution in [3.8, 4) is 0 Å². The van der Waals surface area contributed by atoms with Gasteiger partial charge in [-0.25, -0.2) is 0 Å². The van der Waals surface area contributed by atoms with E-state index in [0.717, 1.165) is 11.1 Å². The Morgan fingerprint density at radius 3 is 2.33 bits per heavy atom. The molecule has 0 spiro atoms. The zero-order chi connectivity index (χ0) is 13.1. The molecule has 1 aliphatic rings.